The quantitative estimate of drug-likeness (QED) is 0.911. The molecule has 0 atom stereocenters. The largest absolute Gasteiger partial charge is 0.446 e. The first-order valence-electron chi connectivity index (χ1n) is 5.45. The summed E-state index contributed by atoms with van der Waals surface area (Å²) < 4.78 is 31.9. The highest BCUT2D eigenvalue weighted by atomic mass is 32.2. The topological polar surface area (TPSA) is 72.2 Å². The third-order valence-electron chi connectivity index (χ3n) is 2.28. The molecule has 0 saturated carbocycles. The molecule has 0 radical (unpaired) electrons. The van der Waals surface area contributed by atoms with E-state index in [0.717, 1.165) is 10.6 Å². The van der Waals surface area contributed by atoms with Crippen LogP contribution in [0.25, 0.3) is 0 Å². The maximum atomic E-state index is 11.9. The second-order valence-electron chi connectivity index (χ2n) is 3.88. The monoisotopic (exact) mass is 286 g/mol. The van der Waals surface area contributed by atoms with Crippen LogP contribution in [0.3, 0.4) is 0 Å². The van der Waals surface area contributed by atoms with Crippen molar-refractivity contribution in [2.75, 3.05) is 6.54 Å². The van der Waals surface area contributed by atoms with Gasteiger partial charge in [0, 0.05) is 17.8 Å². The summed E-state index contributed by atoms with van der Waals surface area (Å²) in [6, 6.07) is 3.40. The van der Waals surface area contributed by atoms with Gasteiger partial charge in [0.25, 0.3) is 0 Å². The van der Waals surface area contributed by atoms with Crippen molar-refractivity contribution in [1.82, 2.24) is 9.71 Å². The standard InChI is InChI=1S/C11H14N2O3S2/c1-8-7-12-10(16-8)5-6-13-18(14,15)11-4-3-9(2)17-11/h3-4,7,13H,5-6H2,1-2H3. The first-order valence-corrected chi connectivity index (χ1v) is 7.75. The van der Waals surface area contributed by atoms with Gasteiger partial charge in [-0.2, -0.15) is 0 Å². The van der Waals surface area contributed by atoms with E-state index in [1.807, 2.05) is 6.92 Å². The highest BCUT2D eigenvalue weighted by molar-refractivity contribution is 7.91. The number of rotatable bonds is 5. The Bertz CT molecular complexity index is 628. The molecule has 2 heterocycles. The third kappa shape index (κ3) is 3.18. The zero-order chi connectivity index (χ0) is 13.2. The van der Waals surface area contributed by atoms with Crippen molar-refractivity contribution < 1.29 is 12.8 Å². The molecule has 0 fully saturated rings. The molecule has 0 bridgehead atoms. The van der Waals surface area contributed by atoms with Crippen LogP contribution in [0.5, 0.6) is 0 Å². The minimum absolute atomic E-state index is 0.277. The first-order chi connectivity index (χ1) is 8.47. The van der Waals surface area contributed by atoms with Crippen LogP contribution in [0.4, 0.5) is 0 Å². The lowest BCUT2D eigenvalue weighted by atomic mass is 10.4. The van der Waals surface area contributed by atoms with Crippen LogP contribution in [-0.2, 0) is 16.4 Å². The van der Waals surface area contributed by atoms with E-state index in [-0.39, 0.29) is 6.54 Å². The van der Waals surface area contributed by atoms with Gasteiger partial charge in [-0.25, -0.2) is 18.1 Å². The molecular formula is C11H14N2O3S2. The molecule has 2 rings (SSSR count). The number of aryl methyl sites for hydroxylation is 2. The summed E-state index contributed by atoms with van der Waals surface area (Å²) in [5.74, 6) is 1.26. The Morgan fingerprint density at radius 3 is 2.72 bits per heavy atom. The Morgan fingerprint density at radius 2 is 2.17 bits per heavy atom. The fourth-order valence-corrected chi connectivity index (χ4v) is 3.80. The number of thiophene rings is 1. The minimum Gasteiger partial charge on any atom is -0.446 e. The van der Waals surface area contributed by atoms with Crippen molar-refractivity contribution in [2.24, 2.45) is 0 Å². The molecule has 0 aromatic carbocycles. The van der Waals surface area contributed by atoms with E-state index in [1.54, 1.807) is 25.3 Å². The highest BCUT2D eigenvalue weighted by Crippen LogP contribution is 2.20. The molecule has 7 heteroatoms. The van der Waals surface area contributed by atoms with E-state index in [2.05, 4.69) is 9.71 Å². The number of sulfonamides is 1. The van der Waals surface area contributed by atoms with Gasteiger partial charge in [-0.3, -0.25) is 0 Å². The Morgan fingerprint density at radius 1 is 1.39 bits per heavy atom. The summed E-state index contributed by atoms with van der Waals surface area (Å²) in [6.07, 6.45) is 2.06. The molecular weight excluding hydrogens is 272 g/mol. The van der Waals surface area contributed by atoms with Crippen LogP contribution in [0.15, 0.2) is 27.0 Å². The smallest absolute Gasteiger partial charge is 0.250 e. The van der Waals surface area contributed by atoms with Crippen LogP contribution in [0, 0.1) is 13.8 Å². The molecule has 18 heavy (non-hydrogen) atoms. The first kappa shape index (κ1) is 13.3. The second-order valence-corrected chi connectivity index (χ2v) is 7.16. The second kappa shape index (κ2) is 5.21. The molecule has 0 aliphatic heterocycles. The molecule has 0 unspecified atom stereocenters. The van der Waals surface area contributed by atoms with E-state index < -0.39 is 10.0 Å². The number of hydrogen-bond acceptors (Lipinski definition) is 5. The van der Waals surface area contributed by atoms with E-state index in [9.17, 15) is 8.42 Å². The summed E-state index contributed by atoms with van der Waals surface area (Å²) in [6.45, 7) is 3.95. The van der Waals surface area contributed by atoms with Gasteiger partial charge in [-0.1, -0.05) is 0 Å². The zero-order valence-electron chi connectivity index (χ0n) is 10.1. The lowest BCUT2D eigenvalue weighted by Crippen LogP contribution is -2.25. The lowest BCUT2D eigenvalue weighted by Gasteiger charge is -2.02. The maximum absolute atomic E-state index is 11.9. The van der Waals surface area contributed by atoms with E-state index in [4.69, 9.17) is 4.42 Å². The lowest BCUT2D eigenvalue weighted by molar-refractivity contribution is 0.469. The molecule has 2 aromatic heterocycles. The molecule has 0 aliphatic rings. The summed E-state index contributed by atoms with van der Waals surface area (Å²) >= 11 is 1.26. The Hall–Kier alpha value is -1.18. The van der Waals surface area contributed by atoms with Crippen molar-refractivity contribution in [3.05, 3.63) is 34.9 Å². The predicted molar refractivity (Wildman–Crippen MR) is 69.2 cm³/mol. The normalized spacial score (nSPS) is 11.9. The number of hydrogen-bond donors (Lipinski definition) is 1. The zero-order valence-corrected chi connectivity index (χ0v) is 11.8. The average molecular weight is 286 g/mol. The highest BCUT2D eigenvalue weighted by Gasteiger charge is 2.15. The third-order valence-corrected chi connectivity index (χ3v) is 5.23. The number of nitrogens with zero attached hydrogens (tertiary/aromatic N) is 1. The van der Waals surface area contributed by atoms with Gasteiger partial charge in [0.15, 0.2) is 5.89 Å². The van der Waals surface area contributed by atoms with Gasteiger partial charge in [-0.15, -0.1) is 11.3 Å². The van der Waals surface area contributed by atoms with Gasteiger partial charge in [0.1, 0.15) is 9.97 Å². The molecule has 98 valence electrons. The van der Waals surface area contributed by atoms with E-state index in [1.165, 1.54) is 11.3 Å². The Kier molecular flexibility index (Phi) is 3.84. The SMILES string of the molecule is Cc1cnc(CCNS(=O)(=O)c2ccc(C)s2)o1. The van der Waals surface area contributed by atoms with Crippen molar-refractivity contribution >= 4 is 21.4 Å². The van der Waals surface area contributed by atoms with Gasteiger partial charge in [0.2, 0.25) is 10.0 Å². The predicted octanol–water partition coefficient (Wildman–Crippen LogP) is 1.87. The number of nitrogens with one attached hydrogen (secondary N) is 1. The van der Waals surface area contributed by atoms with Crippen molar-refractivity contribution in [1.29, 1.82) is 0 Å². The Labute approximate surface area is 110 Å². The summed E-state index contributed by atoms with van der Waals surface area (Å²) in [5, 5.41) is 0. The van der Waals surface area contributed by atoms with Crippen LogP contribution in [0.2, 0.25) is 0 Å². The van der Waals surface area contributed by atoms with Crippen molar-refractivity contribution in [3.8, 4) is 0 Å². The van der Waals surface area contributed by atoms with Crippen LogP contribution >= 0.6 is 11.3 Å². The van der Waals surface area contributed by atoms with Crippen LogP contribution < -0.4 is 4.72 Å². The molecule has 0 spiro atoms. The van der Waals surface area contributed by atoms with Crippen molar-refractivity contribution in [2.45, 2.75) is 24.5 Å². The van der Waals surface area contributed by atoms with E-state index in [0.29, 0.717) is 16.5 Å². The minimum atomic E-state index is -3.40. The maximum Gasteiger partial charge on any atom is 0.250 e. The molecule has 0 amide bonds. The summed E-state index contributed by atoms with van der Waals surface area (Å²) in [5.41, 5.74) is 0. The molecule has 2 aromatic rings. The average Bonchev–Trinajstić information content (AvgIpc) is 2.88. The molecule has 5 nitrogen and oxygen atoms in total. The van der Waals surface area contributed by atoms with Gasteiger partial charge < -0.3 is 4.42 Å². The van der Waals surface area contributed by atoms with Crippen molar-refractivity contribution in [3.63, 3.8) is 0 Å². The van der Waals surface area contributed by atoms with Crippen LogP contribution in [-0.4, -0.2) is 19.9 Å². The summed E-state index contributed by atoms with van der Waals surface area (Å²) in [7, 11) is -3.40. The number of oxazole rings is 1. The molecule has 1 N–H and O–H groups in total. The summed E-state index contributed by atoms with van der Waals surface area (Å²) in [4.78, 5) is 4.98. The fourth-order valence-electron chi connectivity index (χ4n) is 1.44. The van der Waals surface area contributed by atoms with Gasteiger partial charge in [0.05, 0.1) is 6.20 Å². The Balaban J connectivity index is 1.93. The van der Waals surface area contributed by atoms with E-state index >= 15 is 0 Å². The molecule has 0 saturated heterocycles. The number of aromatic nitrogens is 1. The molecule has 0 aliphatic carbocycles. The fraction of sp³-hybridized carbons (Fsp3) is 0.364. The van der Waals surface area contributed by atoms with Crippen LogP contribution in [0.1, 0.15) is 16.5 Å². The van der Waals surface area contributed by atoms with Gasteiger partial charge in [-0.05, 0) is 26.0 Å². The van der Waals surface area contributed by atoms with Gasteiger partial charge >= 0.3 is 0 Å².